The van der Waals surface area contributed by atoms with Crippen LogP contribution in [0.25, 0.3) is 11.4 Å². The first-order valence-electron chi connectivity index (χ1n) is 9.88. The fraction of sp³-hybridized carbons (Fsp3) is 0.476. The minimum Gasteiger partial charge on any atom is -0.444 e. The van der Waals surface area contributed by atoms with Crippen molar-refractivity contribution in [2.24, 2.45) is 5.92 Å². The summed E-state index contributed by atoms with van der Waals surface area (Å²) in [6.07, 6.45) is 0.150. The lowest BCUT2D eigenvalue weighted by Crippen LogP contribution is -2.62. The molecule has 1 aromatic carbocycles. The zero-order valence-corrected chi connectivity index (χ0v) is 19.1. The highest BCUT2D eigenvalue weighted by Gasteiger charge is 2.55. The molecule has 0 spiro atoms. The molecule has 1 saturated carbocycles. The number of hydrogen-bond donors (Lipinski definition) is 1. The summed E-state index contributed by atoms with van der Waals surface area (Å²) in [5.74, 6) is 0.124. The Morgan fingerprint density at radius 3 is 2.84 bits per heavy atom. The van der Waals surface area contributed by atoms with Gasteiger partial charge in [0.2, 0.25) is 5.82 Å². The number of alkyl carbamates (subject to hydrolysis) is 1. The first-order valence-corrected chi connectivity index (χ1v) is 10.7. The predicted molar refractivity (Wildman–Crippen MR) is 111 cm³/mol. The van der Waals surface area contributed by atoms with Crippen molar-refractivity contribution < 1.29 is 27.9 Å². The first kappa shape index (κ1) is 21.9. The average molecular weight is 496 g/mol. The Labute approximate surface area is 187 Å². The number of nitrogens with zero attached hydrogens (tertiary/aromatic N) is 2. The van der Waals surface area contributed by atoms with E-state index in [9.17, 15) is 9.18 Å². The third-order valence-electron chi connectivity index (χ3n) is 4.97. The second kappa shape index (κ2) is 8.33. The summed E-state index contributed by atoms with van der Waals surface area (Å²) in [6.45, 7) is 7.73. The van der Waals surface area contributed by atoms with Crippen molar-refractivity contribution in [3.8, 4) is 11.4 Å². The third-order valence-corrected chi connectivity index (χ3v) is 5.46. The van der Waals surface area contributed by atoms with Gasteiger partial charge < -0.3 is 18.7 Å². The minimum atomic E-state index is -0.591. The van der Waals surface area contributed by atoms with Crippen LogP contribution in [0.5, 0.6) is 0 Å². The van der Waals surface area contributed by atoms with Gasteiger partial charge in [-0.1, -0.05) is 21.1 Å². The van der Waals surface area contributed by atoms with E-state index in [0.717, 1.165) is 5.57 Å². The quantitative estimate of drug-likeness (QED) is 0.650. The Morgan fingerprint density at radius 2 is 2.19 bits per heavy atom. The molecular weight excluding hydrogens is 473 g/mol. The van der Waals surface area contributed by atoms with Crippen molar-refractivity contribution in [3.05, 3.63) is 46.2 Å². The van der Waals surface area contributed by atoms with Crippen LogP contribution in [0.3, 0.4) is 0 Å². The topological polar surface area (TPSA) is 95.7 Å². The van der Waals surface area contributed by atoms with Gasteiger partial charge in [0.15, 0.2) is 0 Å². The van der Waals surface area contributed by atoms with Crippen LogP contribution in [0, 0.1) is 11.7 Å². The molecule has 2 aromatic rings. The summed E-state index contributed by atoms with van der Waals surface area (Å²) in [4.78, 5) is 16.2. The molecule has 8 nitrogen and oxygen atoms in total. The number of aromatic nitrogens is 2. The molecule has 4 atom stereocenters. The van der Waals surface area contributed by atoms with Crippen LogP contribution < -0.4 is 5.32 Å². The minimum absolute atomic E-state index is 0.0813. The number of rotatable bonds is 5. The van der Waals surface area contributed by atoms with Crippen LogP contribution in [0.2, 0.25) is 0 Å². The molecule has 1 N–H and O–H groups in total. The molecule has 2 heterocycles. The second-order valence-electron chi connectivity index (χ2n) is 8.49. The maximum Gasteiger partial charge on any atom is 0.411 e. The van der Waals surface area contributed by atoms with Gasteiger partial charge in [-0.2, -0.15) is 4.98 Å². The van der Waals surface area contributed by atoms with Gasteiger partial charge >= 0.3 is 6.09 Å². The predicted octanol–water partition coefficient (Wildman–Crippen LogP) is 4.52. The van der Waals surface area contributed by atoms with Crippen molar-refractivity contribution in [2.75, 3.05) is 6.61 Å². The summed E-state index contributed by atoms with van der Waals surface area (Å²) in [5, 5.41) is 6.50. The van der Waals surface area contributed by atoms with Crippen LogP contribution in [0.15, 0.2) is 39.0 Å². The number of halogens is 2. The molecule has 2 aliphatic rings. The van der Waals surface area contributed by atoms with Gasteiger partial charge in [-0.25, -0.2) is 9.18 Å². The lowest BCUT2D eigenvalue weighted by atomic mass is 9.70. The average Bonchev–Trinajstić information content (AvgIpc) is 3.12. The molecule has 2 fully saturated rings. The molecule has 4 rings (SSSR count). The summed E-state index contributed by atoms with van der Waals surface area (Å²) in [5.41, 5.74) is 0.461. The fourth-order valence-electron chi connectivity index (χ4n) is 3.44. The van der Waals surface area contributed by atoms with Crippen LogP contribution in [0.1, 0.15) is 39.7 Å². The molecule has 10 heteroatoms. The first-order chi connectivity index (χ1) is 14.6. The summed E-state index contributed by atoms with van der Waals surface area (Å²) < 4.78 is 37.0. The molecule has 1 aliphatic carbocycles. The Kier molecular flexibility index (Phi) is 5.89. The van der Waals surface area contributed by atoms with Gasteiger partial charge in [-0.05, 0) is 45.9 Å². The molecule has 166 valence electrons. The van der Waals surface area contributed by atoms with Gasteiger partial charge in [0.25, 0.3) is 5.89 Å². The lowest BCUT2D eigenvalue weighted by molar-refractivity contribution is -0.216. The van der Waals surface area contributed by atoms with E-state index < -0.39 is 23.6 Å². The Hall–Kier alpha value is -2.30. The van der Waals surface area contributed by atoms with Crippen molar-refractivity contribution in [1.29, 1.82) is 0 Å². The van der Waals surface area contributed by atoms with E-state index in [-0.39, 0.29) is 35.4 Å². The van der Waals surface area contributed by atoms with Crippen LogP contribution >= 0.6 is 15.9 Å². The smallest absolute Gasteiger partial charge is 0.411 e. The van der Waals surface area contributed by atoms with Gasteiger partial charge in [0, 0.05) is 22.2 Å². The van der Waals surface area contributed by atoms with Gasteiger partial charge in [-0.3, -0.25) is 5.32 Å². The Bertz CT molecular complexity index is 1020. The van der Waals surface area contributed by atoms with Crippen molar-refractivity contribution in [1.82, 2.24) is 15.5 Å². The fourth-order valence-corrected chi connectivity index (χ4v) is 3.77. The largest absolute Gasteiger partial charge is 0.444 e. The number of hydrogen-bond acceptors (Lipinski definition) is 7. The van der Waals surface area contributed by atoms with E-state index >= 15 is 0 Å². The molecule has 0 bridgehead atoms. The molecule has 31 heavy (non-hydrogen) atoms. The maximum absolute atomic E-state index is 14.2. The number of benzene rings is 1. The van der Waals surface area contributed by atoms with Crippen molar-refractivity contribution in [2.45, 2.75) is 51.6 Å². The molecule has 0 radical (unpaired) electrons. The van der Waals surface area contributed by atoms with E-state index in [1.165, 1.54) is 6.07 Å². The van der Waals surface area contributed by atoms with Crippen LogP contribution in [-0.2, 0) is 14.2 Å². The second-order valence-corrected chi connectivity index (χ2v) is 9.40. The van der Waals surface area contributed by atoms with Gasteiger partial charge in [0.05, 0.1) is 24.4 Å². The molecular formula is C21H23BrFN3O5. The van der Waals surface area contributed by atoms with Gasteiger partial charge in [0.1, 0.15) is 17.5 Å². The number of amides is 1. The summed E-state index contributed by atoms with van der Waals surface area (Å²) in [6, 6.07) is 4.62. The standard InChI is InChI=1S/C21H23BrFN3O5/c1-10(19-25-18(26-31-19)12-6-5-11(22)7-15(12)23)29-17-13(16-14(17)9-28-16)8-24-20(27)30-21(2,3)4/h5-8,10,14,16-17H,9H2,1-4H3,(H,24,27)/b13-8+. The maximum atomic E-state index is 14.2. The van der Waals surface area contributed by atoms with E-state index in [4.69, 9.17) is 18.7 Å². The molecule has 1 aliphatic heterocycles. The molecule has 4 unspecified atom stereocenters. The van der Waals surface area contributed by atoms with Crippen molar-refractivity contribution in [3.63, 3.8) is 0 Å². The van der Waals surface area contributed by atoms with E-state index in [1.54, 1.807) is 46.0 Å². The summed E-state index contributed by atoms with van der Waals surface area (Å²) >= 11 is 3.22. The number of nitrogens with one attached hydrogen (secondary N) is 1. The highest BCUT2D eigenvalue weighted by atomic mass is 79.9. The SMILES string of the molecule is CC(OC1/C(=C/NC(=O)OC(C)(C)C)C2OCC21)c1nc(-c2ccc(Br)cc2F)no1. The number of carbonyl (C=O) groups is 1. The highest BCUT2D eigenvalue weighted by Crippen LogP contribution is 2.47. The van der Waals surface area contributed by atoms with E-state index in [1.807, 2.05) is 0 Å². The van der Waals surface area contributed by atoms with Gasteiger partial charge in [-0.15, -0.1) is 0 Å². The molecule has 1 aromatic heterocycles. The zero-order valence-electron chi connectivity index (χ0n) is 17.5. The highest BCUT2D eigenvalue weighted by molar-refractivity contribution is 9.10. The third kappa shape index (κ3) is 4.65. The van der Waals surface area contributed by atoms with Crippen LogP contribution in [-0.4, -0.2) is 40.6 Å². The molecule has 1 saturated heterocycles. The lowest BCUT2D eigenvalue weighted by Gasteiger charge is -2.54. The normalized spacial score (nSPS) is 24.7. The monoisotopic (exact) mass is 495 g/mol. The van der Waals surface area contributed by atoms with Crippen LogP contribution in [0.4, 0.5) is 9.18 Å². The zero-order chi connectivity index (χ0) is 22.3. The Morgan fingerprint density at radius 1 is 1.42 bits per heavy atom. The number of carbonyl (C=O) groups excluding carboxylic acids is 1. The number of fused-ring (bicyclic) bond motifs is 1. The summed E-state index contributed by atoms with van der Waals surface area (Å²) in [7, 11) is 0. The van der Waals surface area contributed by atoms with E-state index in [0.29, 0.717) is 11.1 Å². The number of ether oxygens (including phenoxy) is 3. The van der Waals surface area contributed by atoms with Crippen molar-refractivity contribution >= 4 is 22.0 Å². The Balaban J connectivity index is 1.42. The molecule has 1 amide bonds. The van der Waals surface area contributed by atoms with E-state index in [2.05, 4.69) is 31.4 Å².